The van der Waals surface area contributed by atoms with Gasteiger partial charge in [0.1, 0.15) is 11.6 Å². The van der Waals surface area contributed by atoms with Crippen molar-refractivity contribution in [2.24, 2.45) is 0 Å². The van der Waals surface area contributed by atoms with Gasteiger partial charge in [-0.2, -0.15) is 0 Å². The van der Waals surface area contributed by atoms with Gasteiger partial charge in [0.25, 0.3) is 5.82 Å². The molecule has 2 aromatic heterocycles. The van der Waals surface area contributed by atoms with Gasteiger partial charge in [-0.1, -0.05) is 0 Å². The van der Waals surface area contributed by atoms with Crippen molar-refractivity contribution in [3.05, 3.63) is 60.7 Å². The maximum Gasteiger partial charge on any atom is 0.285 e. The molecule has 5 aromatic rings. The number of H-pyrrole nitrogens is 3. The minimum atomic E-state index is 0.247. The van der Waals surface area contributed by atoms with Gasteiger partial charge in [-0.3, -0.25) is 0 Å². The van der Waals surface area contributed by atoms with Crippen LogP contribution in [0.3, 0.4) is 0 Å². The second-order valence-corrected chi connectivity index (χ2v) is 8.51. The van der Waals surface area contributed by atoms with E-state index in [0.717, 1.165) is 71.0 Å². The first kappa shape index (κ1) is 18.9. The standard InChI is InChI=1S/C25H24N6O/c1-30-10-12-31(13-11-30)18-5-9-21-23(15-18)29-25(27-21)17-4-8-20-22(14-17)28-24(26-20)16-2-6-19(32)7-3-16/h2-9,14-15,32H,10-13H2,1H3,(H,26,28)(H,27,29)/p+1. The molecule has 1 fully saturated rings. The van der Waals surface area contributed by atoms with Crippen LogP contribution in [0.5, 0.6) is 5.75 Å². The minimum absolute atomic E-state index is 0.247. The first-order chi connectivity index (χ1) is 15.6. The third-order valence-electron chi connectivity index (χ3n) is 6.30. The summed E-state index contributed by atoms with van der Waals surface area (Å²) in [6.45, 7) is 4.30. The smallest absolute Gasteiger partial charge is 0.285 e. The molecule has 0 atom stereocenters. The molecule has 0 radical (unpaired) electrons. The van der Waals surface area contributed by atoms with E-state index in [4.69, 9.17) is 4.98 Å². The monoisotopic (exact) mass is 425 g/mol. The van der Waals surface area contributed by atoms with Gasteiger partial charge in [-0.05, 0) is 61.6 Å². The van der Waals surface area contributed by atoms with Crippen LogP contribution >= 0.6 is 0 Å². The maximum atomic E-state index is 9.53. The highest BCUT2D eigenvalue weighted by Gasteiger charge is 2.18. The Balaban J connectivity index is 1.32. The lowest BCUT2D eigenvalue weighted by molar-refractivity contribution is -0.330. The van der Waals surface area contributed by atoms with Crippen molar-refractivity contribution in [1.82, 2.24) is 19.9 Å². The van der Waals surface area contributed by atoms with Crippen LogP contribution in [0.15, 0.2) is 60.7 Å². The van der Waals surface area contributed by atoms with Gasteiger partial charge in [-0.25, -0.2) is 15.0 Å². The molecule has 1 aliphatic heterocycles. The summed E-state index contributed by atoms with van der Waals surface area (Å²) >= 11 is 0. The average Bonchev–Trinajstić information content (AvgIpc) is 3.43. The average molecular weight is 426 g/mol. The van der Waals surface area contributed by atoms with Crippen LogP contribution in [-0.2, 0) is 0 Å². The summed E-state index contributed by atoms with van der Waals surface area (Å²) in [7, 11) is 2.18. The highest BCUT2D eigenvalue weighted by atomic mass is 16.3. The molecule has 0 saturated carbocycles. The molecule has 7 heteroatoms. The van der Waals surface area contributed by atoms with Crippen LogP contribution in [0.1, 0.15) is 0 Å². The van der Waals surface area contributed by atoms with Gasteiger partial charge in [0.2, 0.25) is 0 Å². The van der Waals surface area contributed by atoms with E-state index >= 15 is 0 Å². The number of nitrogens with one attached hydrogen (secondary N) is 3. The van der Waals surface area contributed by atoms with Crippen molar-refractivity contribution in [3.63, 3.8) is 0 Å². The maximum absolute atomic E-state index is 9.53. The minimum Gasteiger partial charge on any atom is -0.508 e. The molecule has 4 N–H and O–H groups in total. The molecule has 1 saturated heterocycles. The zero-order chi connectivity index (χ0) is 21.7. The number of aromatic nitrogens is 4. The van der Waals surface area contributed by atoms with E-state index in [0.29, 0.717) is 0 Å². The topological polar surface area (TPSA) is 85.3 Å². The fraction of sp³-hybridized carbons (Fsp3) is 0.200. The molecule has 32 heavy (non-hydrogen) atoms. The number of hydrogen-bond donors (Lipinski definition) is 3. The number of imidazole rings is 2. The molecule has 7 nitrogen and oxygen atoms in total. The normalized spacial score (nSPS) is 15.1. The molecule has 0 bridgehead atoms. The predicted molar refractivity (Wildman–Crippen MR) is 127 cm³/mol. The quantitative estimate of drug-likeness (QED) is 0.412. The van der Waals surface area contributed by atoms with E-state index in [1.54, 1.807) is 12.1 Å². The fourth-order valence-electron chi connectivity index (χ4n) is 4.37. The summed E-state index contributed by atoms with van der Waals surface area (Å²) in [5.74, 6) is 2.00. The largest absolute Gasteiger partial charge is 0.508 e. The van der Waals surface area contributed by atoms with Crippen molar-refractivity contribution in [2.75, 3.05) is 38.1 Å². The third kappa shape index (κ3) is 3.36. The predicted octanol–water partition coefficient (Wildman–Crippen LogP) is 3.65. The second kappa shape index (κ2) is 7.39. The molecule has 6 rings (SSSR count). The molecular formula is C25H25N6O+. The molecule has 1 aliphatic rings. The number of rotatable bonds is 3. The number of phenols is 1. The lowest BCUT2D eigenvalue weighted by Gasteiger charge is -2.33. The highest BCUT2D eigenvalue weighted by molar-refractivity contribution is 5.85. The van der Waals surface area contributed by atoms with E-state index in [-0.39, 0.29) is 5.75 Å². The summed E-state index contributed by atoms with van der Waals surface area (Å²) in [6.07, 6.45) is 0. The summed E-state index contributed by atoms with van der Waals surface area (Å²) in [5, 5.41) is 9.53. The molecule has 0 amide bonds. The number of nitrogens with zero attached hydrogens (tertiary/aromatic N) is 3. The van der Waals surface area contributed by atoms with Crippen LogP contribution < -0.4 is 9.88 Å². The number of phenolic OH excluding ortho intramolecular Hbond substituents is 1. The Kier molecular flexibility index (Phi) is 4.36. The first-order valence-corrected chi connectivity index (χ1v) is 10.9. The molecule has 160 valence electrons. The molecular weight excluding hydrogens is 400 g/mol. The number of piperazine rings is 1. The Morgan fingerprint density at radius 3 is 2.44 bits per heavy atom. The number of hydrogen-bond acceptors (Lipinski definition) is 4. The Bertz CT molecular complexity index is 1410. The van der Waals surface area contributed by atoms with E-state index in [1.165, 1.54) is 5.69 Å². The zero-order valence-corrected chi connectivity index (χ0v) is 17.9. The van der Waals surface area contributed by atoms with Crippen molar-refractivity contribution in [3.8, 4) is 28.5 Å². The number of aromatic hydroxyl groups is 1. The summed E-state index contributed by atoms with van der Waals surface area (Å²) in [6, 6.07) is 19.9. The molecule has 0 unspecified atom stereocenters. The number of aromatic amines is 3. The summed E-state index contributed by atoms with van der Waals surface area (Å²) in [4.78, 5) is 20.0. The van der Waals surface area contributed by atoms with E-state index in [2.05, 4.69) is 62.1 Å². The number of anilines is 1. The van der Waals surface area contributed by atoms with Crippen molar-refractivity contribution in [2.45, 2.75) is 0 Å². The van der Waals surface area contributed by atoms with Gasteiger partial charge in [0.15, 0.2) is 11.0 Å². The SMILES string of the molecule is CN1CCN(c2ccc3[nH+]c(-c4ccc5nc(-c6ccc(O)cc6)[nH]c5c4)[nH]c3c2)CC1. The lowest BCUT2D eigenvalue weighted by atomic mass is 10.2. The molecule has 3 heterocycles. The zero-order valence-electron chi connectivity index (χ0n) is 17.9. The van der Waals surface area contributed by atoms with E-state index in [9.17, 15) is 5.11 Å². The van der Waals surface area contributed by atoms with Gasteiger partial charge >= 0.3 is 0 Å². The Labute approximate surface area is 185 Å². The number of likely N-dealkylation sites (N-methyl/N-ethyl adjacent to an activating group) is 1. The fourth-order valence-corrected chi connectivity index (χ4v) is 4.37. The number of benzene rings is 3. The van der Waals surface area contributed by atoms with Crippen LogP contribution in [0.4, 0.5) is 5.69 Å². The second-order valence-electron chi connectivity index (χ2n) is 8.51. The van der Waals surface area contributed by atoms with E-state index < -0.39 is 0 Å². The third-order valence-corrected chi connectivity index (χ3v) is 6.30. The van der Waals surface area contributed by atoms with Crippen LogP contribution in [0.25, 0.3) is 44.8 Å². The highest BCUT2D eigenvalue weighted by Crippen LogP contribution is 2.27. The van der Waals surface area contributed by atoms with Crippen LogP contribution in [-0.4, -0.2) is 58.2 Å². The van der Waals surface area contributed by atoms with Gasteiger partial charge in [0.05, 0.1) is 16.6 Å². The van der Waals surface area contributed by atoms with Gasteiger partial charge in [-0.15, -0.1) is 0 Å². The van der Waals surface area contributed by atoms with Crippen molar-refractivity contribution >= 4 is 27.8 Å². The molecule has 0 aliphatic carbocycles. The lowest BCUT2D eigenvalue weighted by Crippen LogP contribution is -2.44. The van der Waals surface area contributed by atoms with Crippen molar-refractivity contribution in [1.29, 1.82) is 0 Å². The summed E-state index contributed by atoms with van der Waals surface area (Å²) in [5.41, 5.74) is 7.33. The van der Waals surface area contributed by atoms with Crippen LogP contribution in [0.2, 0.25) is 0 Å². The van der Waals surface area contributed by atoms with Gasteiger partial charge < -0.3 is 19.9 Å². The number of fused-ring (bicyclic) bond motifs is 2. The Morgan fingerprint density at radius 2 is 1.62 bits per heavy atom. The first-order valence-electron chi connectivity index (χ1n) is 10.9. The van der Waals surface area contributed by atoms with E-state index in [1.807, 2.05) is 18.2 Å². The van der Waals surface area contributed by atoms with Crippen molar-refractivity contribution < 1.29 is 10.1 Å². The van der Waals surface area contributed by atoms with Crippen LogP contribution in [0, 0.1) is 0 Å². The molecule has 0 spiro atoms. The summed E-state index contributed by atoms with van der Waals surface area (Å²) < 4.78 is 0. The Morgan fingerprint density at radius 1 is 0.844 bits per heavy atom. The Hall–Kier alpha value is -3.84. The van der Waals surface area contributed by atoms with Gasteiger partial charge in [0, 0.05) is 43.5 Å². The molecule has 3 aromatic carbocycles.